The van der Waals surface area contributed by atoms with Crippen LogP contribution in [0.4, 0.5) is 11.5 Å². The molecular formula is C12H13N5O3. The number of H-pyrrole nitrogens is 1. The Balaban J connectivity index is 1.83. The summed E-state index contributed by atoms with van der Waals surface area (Å²) in [5.41, 5.74) is 9.66. The molecule has 8 nitrogen and oxygen atoms in total. The summed E-state index contributed by atoms with van der Waals surface area (Å²) in [6.07, 6.45) is 1.17. The molecule has 20 heavy (non-hydrogen) atoms. The van der Waals surface area contributed by atoms with Gasteiger partial charge in [-0.3, -0.25) is 20.4 Å². The zero-order valence-electron chi connectivity index (χ0n) is 10.4. The zero-order chi connectivity index (χ0) is 14.4. The lowest BCUT2D eigenvalue weighted by atomic mass is 10.3. The van der Waals surface area contributed by atoms with Crippen molar-refractivity contribution < 1.29 is 9.53 Å². The lowest BCUT2D eigenvalue weighted by Gasteiger charge is -2.09. The topological polar surface area (TPSA) is 122 Å². The van der Waals surface area contributed by atoms with Crippen LogP contribution in [0.3, 0.4) is 0 Å². The third-order valence-electron chi connectivity index (χ3n) is 2.32. The van der Waals surface area contributed by atoms with Crippen LogP contribution in [-0.2, 0) is 4.79 Å². The first-order chi connectivity index (χ1) is 9.66. The second-order valence-electron chi connectivity index (χ2n) is 3.77. The summed E-state index contributed by atoms with van der Waals surface area (Å²) in [5, 5.41) is 0. The number of aromatic nitrogens is 2. The van der Waals surface area contributed by atoms with Crippen molar-refractivity contribution in [2.45, 2.75) is 0 Å². The lowest BCUT2D eigenvalue weighted by Crippen LogP contribution is -2.35. The van der Waals surface area contributed by atoms with Gasteiger partial charge in [0, 0.05) is 0 Å². The normalized spacial score (nSPS) is 9.80. The minimum absolute atomic E-state index is 0.0711. The highest BCUT2D eigenvalue weighted by Crippen LogP contribution is 2.08. The third kappa shape index (κ3) is 3.48. The van der Waals surface area contributed by atoms with Gasteiger partial charge in [0.25, 0.3) is 11.5 Å². The molecule has 0 radical (unpaired) electrons. The molecule has 5 N–H and O–H groups in total. The number of hydrazine groups is 1. The van der Waals surface area contributed by atoms with E-state index in [0.29, 0.717) is 5.75 Å². The molecule has 0 aliphatic rings. The van der Waals surface area contributed by atoms with E-state index in [1.807, 2.05) is 6.07 Å². The maximum atomic E-state index is 11.5. The number of benzene rings is 1. The van der Waals surface area contributed by atoms with E-state index in [9.17, 15) is 9.59 Å². The molecule has 0 bridgehead atoms. The Kier molecular flexibility index (Phi) is 4.17. The fourth-order valence-corrected chi connectivity index (χ4v) is 1.34. The van der Waals surface area contributed by atoms with Gasteiger partial charge >= 0.3 is 0 Å². The number of para-hydroxylation sites is 1. The molecule has 1 amide bonds. The van der Waals surface area contributed by atoms with E-state index in [4.69, 9.17) is 10.5 Å². The van der Waals surface area contributed by atoms with Crippen molar-refractivity contribution in [3.63, 3.8) is 0 Å². The second kappa shape index (κ2) is 6.23. The Labute approximate surface area is 114 Å². The number of nitrogens with zero attached hydrogens (tertiary/aromatic N) is 1. The molecule has 0 fully saturated rings. The van der Waals surface area contributed by atoms with Crippen molar-refractivity contribution in [2.75, 3.05) is 17.8 Å². The monoisotopic (exact) mass is 275 g/mol. The number of amides is 1. The molecule has 0 saturated heterocycles. The molecule has 0 aliphatic heterocycles. The number of hydrogen-bond acceptors (Lipinski definition) is 6. The van der Waals surface area contributed by atoms with Gasteiger partial charge in [0.2, 0.25) is 0 Å². The van der Waals surface area contributed by atoms with Gasteiger partial charge in [-0.05, 0) is 12.1 Å². The maximum Gasteiger partial charge on any atom is 0.276 e. The van der Waals surface area contributed by atoms with Gasteiger partial charge in [0.15, 0.2) is 12.4 Å². The molecule has 0 spiro atoms. The highest BCUT2D eigenvalue weighted by Gasteiger charge is 2.06. The first kappa shape index (κ1) is 13.4. The molecule has 104 valence electrons. The van der Waals surface area contributed by atoms with Gasteiger partial charge in [0.1, 0.15) is 11.4 Å². The van der Waals surface area contributed by atoms with E-state index in [-0.39, 0.29) is 18.1 Å². The summed E-state index contributed by atoms with van der Waals surface area (Å²) in [4.78, 5) is 28.8. The minimum atomic E-state index is -0.489. The number of nitrogens with one attached hydrogen (secondary N) is 3. The largest absolute Gasteiger partial charge is 0.484 e. The molecule has 0 saturated carbocycles. The first-order valence-corrected chi connectivity index (χ1v) is 5.72. The summed E-state index contributed by atoms with van der Waals surface area (Å²) in [5.74, 6) is 0.216. The van der Waals surface area contributed by atoms with Crippen molar-refractivity contribution in [1.29, 1.82) is 0 Å². The van der Waals surface area contributed by atoms with Crippen LogP contribution in [0.2, 0.25) is 0 Å². The van der Waals surface area contributed by atoms with Crippen LogP contribution in [0.15, 0.2) is 41.5 Å². The summed E-state index contributed by atoms with van der Waals surface area (Å²) in [6, 6.07) is 8.91. The highest BCUT2D eigenvalue weighted by atomic mass is 16.5. The van der Waals surface area contributed by atoms with Gasteiger partial charge < -0.3 is 15.5 Å². The minimum Gasteiger partial charge on any atom is -0.484 e. The Morgan fingerprint density at radius 2 is 2.10 bits per heavy atom. The van der Waals surface area contributed by atoms with Crippen LogP contribution in [0.1, 0.15) is 0 Å². The number of nitrogen functional groups attached to an aromatic ring is 1. The van der Waals surface area contributed by atoms with Crippen molar-refractivity contribution in [2.24, 2.45) is 0 Å². The van der Waals surface area contributed by atoms with Crippen molar-refractivity contribution in [1.82, 2.24) is 15.4 Å². The number of nitrogens with two attached hydrogens (primary N) is 1. The Hall–Kier alpha value is -3.03. The van der Waals surface area contributed by atoms with Crippen molar-refractivity contribution >= 4 is 17.4 Å². The number of carbonyl (C=O) groups is 1. The van der Waals surface area contributed by atoms with Gasteiger partial charge in [-0.25, -0.2) is 4.98 Å². The molecular weight excluding hydrogens is 262 g/mol. The number of carbonyl (C=O) groups excluding carboxylic acids is 1. The van der Waals surface area contributed by atoms with Crippen LogP contribution in [0.5, 0.6) is 5.75 Å². The van der Waals surface area contributed by atoms with Crippen molar-refractivity contribution in [3.8, 4) is 5.75 Å². The quantitative estimate of drug-likeness (QED) is 0.564. The van der Waals surface area contributed by atoms with E-state index >= 15 is 0 Å². The number of anilines is 2. The Morgan fingerprint density at radius 1 is 1.35 bits per heavy atom. The number of ether oxygens (including phenoxy) is 1. The summed E-state index contributed by atoms with van der Waals surface area (Å²) in [6.45, 7) is -0.180. The average Bonchev–Trinajstić information content (AvgIpc) is 2.48. The standard InChI is InChI=1S/C12H13N5O3/c13-10-11(14-7-15-12(10)19)17-16-9(18)6-20-8-4-2-1-3-5-8/h1-5,7H,6,13H2,(H,16,18)(H2,14,15,17,19). The van der Waals surface area contributed by atoms with Gasteiger partial charge in [-0.1, -0.05) is 18.2 Å². The van der Waals surface area contributed by atoms with E-state index in [0.717, 1.165) is 0 Å². The molecule has 8 heteroatoms. The van der Waals surface area contributed by atoms with Gasteiger partial charge in [0.05, 0.1) is 6.33 Å². The summed E-state index contributed by atoms with van der Waals surface area (Å²) >= 11 is 0. The van der Waals surface area contributed by atoms with Crippen LogP contribution in [-0.4, -0.2) is 22.5 Å². The van der Waals surface area contributed by atoms with E-state index in [1.54, 1.807) is 24.3 Å². The predicted octanol–water partition coefficient (Wildman–Crippen LogP) is -0.126. The fourth-order valence-electron chi connectivity index (χ4n) is 1.34. The zero-order valence-corrected chi connectivity index (χ0v) is 10.4. The first-order valence-electron chi connectivity index (χ1n) is 5.72. The van der Waals surface area contributed by atoms with Gasteiger partial charge in [-0.2, -0.15) is 0 Å². The predicted molar refractivity (Wildman–Crippen MR) is 73.0 cm³/mol. The number of rotatable bonds is 5. The Bertz CT molecular complexity index is 641. The number of aromatic amines is 1. The van der Waals surface area contributed by atoms with Crippen LogP contribution >= 0.6 is 0 Å². The van der Waals surface area contributed by atoms with Gasteiger partial charge in [-0.15, -0.1) is 0 Å². The fraction of sp³-hybridized carbons (Fsp3) is 0.0833. The lowest BCUT2D eigenvalue weighted by molar-refractivity contribution is -0.122. The molecule has 1 heterocycles. The van der Waals surface area contributed by atoms with E-state index in [2.05, 4.69) is 20.8 Å². The smallest absolute Gasteiger partial charge is 0.276 e. The third-order valence-corrected chi connectivity index (χ3v) is 2.32. The van der Waals surface area contributed by atoms with Crippen molar-refractivity contribution in [3.05, 3.63) is 47.0 Å². The molecule has 1 aromatic carbocycles. The average molecular weight is 275 g/mol. The maximum absolute atomic E-state index is 11.5. The highest BCUT2D eigenvalue weighted by molar-refractivity contribution is 5.79. The van der Waals surface area contributed by atoms with E-state index in [1.165, 1.54) is 6.33 Å². The molecule has 1 aromatic heterocycles. The molecule has 0 atom stereocenters. The summed E-state index contributed by atoms with van der Waals surface area (Å²) in [7, 11) is 0. The second-order valence-corrected chi connectivity index (χ2v) is 3.77. The molecule has 0 aliphatic carbocycles. The molecule has 2 rings (SSSR count). The number of hydrogen-bond donors (Lipinski definition) is 4. The summed E-state index contributed by atoms with van der Waals surface area (Å²) < 4.78 is 5.24. The van der Waals surface area contributed by atoms with Crippen LogP contribution in [0.25, 0.3) is 0 Å². The van der Waals surface area contributed by atoms with Crippen LogP contribution in [0, 0.1) is 0 Å². The molecule has 2 aromatic rings. The molecule has 0 unspecified atom stereocenters. The SMILES string of the molecule is Nc1c(NNC(=O)COc2ccccc2)nc[nH]c1=O. The Morgan fingerprint density at radius 3 is 2.85 bits per heavy atom. The van der Waals surface area contributed by atoms with Crippen LogP contribution < -0.4 is 26.9 Å². The van der Waals surface area contributed by atoms with E-state index < -0.39 is 11.5 Å².